The van der Waals surface area contributed by atoms with Gasteiger partial charge >= 0.3 is 0 Å². The lowest BCUT2D eigenvalue weighted by molar-refractivity contribution is -0.111. The van der Waals surface area contributed by atoms with Gasteiger partial charge < -0.3 is 29.8 Å². The predicted molar refractivity (Wildman–Crippen MR) is 220 cm³/mol. The molecule has 4 aliphatic rings. The van der Waals surface area contributed by atoms with E-state index in [0.717, 1.165) is 18.5 Å². The summed E-state index contributed by atoms with van der Waals surface area (Å²) < 4.78 is 31.3. The molecule has 306 valence electrons. The van der Waals surface area contributed by atoms with Gasteiger partial charge in [-0.15, -0.1) is 0 Å². The fourth-order valence-electron chi connectivity index (χ4n) is 9.39. The van der Waals surface area contributed by atoms with E-state index in [-0.39, 0.29) is 42.1 Å². The fourth-order valence-corrected chi connectivity index (χ4v) is 9.39. The van der Waals surface area contributed by atoms with E-state index in [2.05, 4.69) is 57.3 Å². The van der Waals surface area contributed by atoms with E-state index >= 15 is 0 Å². The van der Waals surface area contributed by atoms with Gasteiger partial charge in [-0.3, -0.25) is 24.2 Å². The Morgan fingerprint density at radius 1 is 1.07 bits per heavy atom. The van der Waals surface area contributed by atoms with Crippen molar-refractivity contribution >= 4 is 40.5 Å². The Morgan fingerprint density at radius 3 is 2.57 bits per heavy atom. The number of amides is 2. The Bertz CT molecular complexity index is 2340. The van der Waals surface area contributed by atoms with Crippen LogP contribution in [0.25, 0.3) is 11.3 Å². The van der Waals surface area contributed by atoms with Crippen molar-refractivity contribution < 1.29 is 23.5 Å². The molecule has 1 atom stereocenters. The Morgan fingerprint density at radius 2 is 1.84 bits per heavy atom. The number of alkyl halides is 2. The fraction of sp³-hybridized carbons (Fsp3) is 0.465. The Labute approximate surface area is 336 Å². The molecule has 13 nitrogen and oxygen atoms in total. The summed E-state index contributed by atoms with van der Waals surface area (Å²) in [6, 6.07) is 9.30. The van der Waals surface area contributed by atoms with Gasteiger partial charge in [0.05, 0.1) is 23.7 Å². The van der Waals surface area contributed by atoms with E-state index in [1.807, 2.05) is 18.2 Å². The van der Waals surface area contributed by atoms with Crippen molar-refractivity contribution in [3.8, 4) is 11.3 Å². The van der Waals surface area contributed by atoms with Crippen LogP contribution in [-0.2, 0) is 37.8 Å². The molecule has 1 saturated heterocycles. The topological polar surface area (TPSA) is 141 Å². The smallest absolute Gasteiger partial charge is 0.293 e. The Balaban J connectivity index is 1.05. The van der Waals surface area contributed by atoms with Crippen LogP contribution in [0.5, 0.6) is 0 Å². The zero-order valence-corrected chi connectivity index (χ0v) is 33.5. The molecule has 0 radical (unpaired) electrons. The van der Waals surface area contributed by atoms with Gasteiger partial charge in [0.2, 0.25) is 11.8 Å². The van der Waals surface area contributed by atoms with Gasteiger partial charge in [-0.25, -0.2) is 18.7 Å². The van der Waals surface area contributed by atoms with Crippen molar-refractivity contribution in [2.75, 3.05) is 46.6 Å². The standard InChI is InChI=1S/C43H51F2N9O4/c1-6-37(56)48-32-20-28(7-8-34(32)52-16-15-51(23-26(52)2)29-9-12-43(44,45)13-10-29)47-38-41(58)50(5)24-33(49-38)30-11-14-46-39(31(30)25-55)54-18-17-53-35(40(54)57)19-27-21-42(3,4)22-36(27)53/h6-8,11,14,19-20,24,26,29,55H,1,9-10,12-13,15-18,21-23,25H2,2-5H3,(H,47,49)(H,48,56). The molecule has 15 heteroatoms. The van der Waals surface area contributed by atoms with Gasteiger partial charge in [0.1, 0.15) is 11.5 Å². The number of nitrogens with one attached hydrogen (secondary N) is 2. The molecule has 2 aliphatic heterocycles. The number of rotatable bonds is 9. The highest BCUT2D eigenvalue weighted by Gasteiger charge is 2.40. The molecule has 3 aromatic heterocycles. The van der Waals surface area contributed by atoms with Gasteiger partial charge in [0.15, 0.2) is 5.82 Å². The van der Waals surface area contributed by atoms with Crippen molar-refractivity contribution in [2.24, 2.45) is 12.5 Å². The van der Waals surface area contributed by atoms with Crippen molar-refractivity contribution in [3.63, 3.8) is 0 Å². The SMILES string of the molecule is C=CC(=O)Nc1cc(Nc2nc(-c3ccnc(N4CCn5c(cc6c5CC(C)(C)C6)C4=O)c3CO)cn(C)c2=O)ccc1N1CCN(C2CCC(F)(F)CC2)CC1C. The number of halogens is 2. The number of piperazine rings is 1. The highest BCUT2D eigenvalue weighted by Crippen LogP contribution is 2.41. The number of carbonyl (C=O) groups excluding carboxylic acids is 2. The summed E-state index contributed by atoms with van der Waals surface area (Å²) in [5, 5.41) is 16.8. The predicted octanol–water partition coefficient (Wildman–Crippen LogP) is 5.88. The second-order valence-electron chi connectivity index (χ2n) is 17.0. The number of benzene rings is 1. The molecule has 2 amide bonds. The number of aromatic nitrogens is 4. The van der Waals surface area contributed by atoms with E-state index in [1.165, 1.54) is 21.9 Å². The lowest BCUT2D eigenvalue weighted by atomic mass is 9.90. The van der Waals surface area contributed by atoms with Gasteiger partial charge in [0.25, 0.3) is 11.5 Å². The molecule has 0 bridgehead atoms. The third-order valence-electron chi connectivity index (χ3n) is 12.3. The van der Waals surface area contributed by atoms with Crippen LogP contribution in [0, 0.1) is 5.41 Å². The maximum Gasteiger partial charge on any atom is 0.293 e. The number of aryl methyl sites for hydroxylation is 1. The number of hydrogen-bond acceptors (Lipinski definition) is 9. The highest BCUT2D eigenvalue weighted by molar-refractivity contribution is 6.06. The molecule has 1 saturated carbocycles. The largest absolute Gasteiger partial charge is 0.392 e. The first kappa shape index (κ1) is 39.4. The molecule has 2 aliphatic carbocycles. The first-order valence-electron chi connectivity index (χ1n) is 20.1. The zero-order chi connectivity index (χ0) is 41.1. The first-order valence-corrected chi connectivity index (χ1v) is 20.1. The summed E-state index contributed by atoms with van der Waals surface area (Å²) in [7, 11) is 1.61. The summed E-state index contributed by atoms with van der Waals surface area (Å²) in [5.41, 5.74) is 5.91. The third-order valence-corrected chi connectivity index (χ3v) is 12.3. The number of pyridine rings is 1. The lowest BCUT2D eigenvalue weighted by Crippen LogP contribution is -2.56. The zero-order valence-electron chi connectivity index (χ0n) is 33.5. The summed E-state index contributed by atoms with van der Waals surface area (Å²) >= 11 is 0. The van der Waals surface area contributed by atoms with Crippen LogP contribution in [0.15, 0.2) is 60.2 Å². The van der Waals surface area contributed by atoms with Crippen LogP contribution in [0.3, 0.4) is 0 Å². The normalized spacial score (nSPS) is 20.5. The lowest BCUT2D eigenvalue weighted by Gasteiger charge is -2.46. The van der Waals surface area contributed by atoms with Crippen molar-refractivity contribution in [1.29, 1.82) is 0 Å². The van der Waals surface area contributed by atoms with Gasteiger partial charge in [-0.2, -0.15) is 0 Å². The molecule has 0 spiro atoms. The van der Waals surface area contributed by atoms with Crippen LogP contribution >= 0.6 is 0 Å². The minimum Gasteiger partial charge on any atom is -0.392 e. The number of nitrogens with zero attached hydrogens (tertiary/aromatic N) is 7. The number of aliphatic hydroxyl groups excluding tert-OH is 1. The monoisotopic (exact) mass is 795 g/mol. The maximum atomic E-state index is 14.0. The molecular weight excluding hydrogens is 745 g/mol. The average molecular weight is 796 g/mol. The second-order valence-corrected chi connectivity index (χ2v) is 17.0. The van der Waals surface area contributed by atoms with E-state index in [4.69, 9.17) is 4.98 Å². The van der Waals surface area contributed by atoms with E-state index < -0.39 is 24.0 Å². The molecule has 3 N–H and O–H groups in total. The quantitative estimate of drug-likeness (QED) is 0.177. The summed E-state index contributed by atoms with van der Waals surface area (Å²) in [6.07, 6.45) is 6.98. The molecular formula is C43H51F2N9O4. The number of fused-ring (bicyclic) bond motifs is 3. The Kier molecular flexibility index (Phi) is 10.2. The van der Waals surface area contributed by atoms with E-state index in [0.29, 0.717) is 85.3 Å². The summed E-state index contributed by atoms with van der Waals surface area (Å²) in [6.45, 7) is 12.8. The van der Waals surface area contributed by atoms with Crippen LogP contribution in [0.2, 0.25) is 0 Å². The molecule has 1 aromatic carbocycles. The number of anilines is 5. The minimum atomic E-state index is -2.58. The number of aliphatic hydroxyl groups is 1. The molecule has 5 heterocycles. The van der Waals surface area contributed by atoms with E-state index in [9.17, 15) is 28.3 Å². The van der Waals surface area contributed by atoms with Gasteiger partial charge in [-0.05, 0) is 80.0 Å². The molecule has 58 heavy (non-hydrogen) atoms. The number of carbonyl (C=O) groups is 2. The van der Waals surface area contributed by atoms with Crippen molar-refractivity contribution in [3.05, 3.63) is 88.2 Å². The van der Waals surface area contributed by atoms with Crippen LogP contribution in [0.1, 0.15) is 73.8 Å². The van der Waals surface area contributed by atoms with E-state index in [1.54, 1.807) is 36.5 Å². The molecule has 4 aromatic rings. The van der Waals surface area contributed by atoms with Gasteiger partial charge in [0, 0.05) is 99.6 Å². The molecule has 8 rings (SSSR count). The third kappa shape index (κ3) is 7.41. The van der Waals surface area contributed by atoms with Crippen molar-refractivity contribution in [2.45, 2.75) is 90.5 Å². The average Bonchev–Trinajstić information content (AvgIpc) is 3.68. The summed E-state index contributed by atoms with van der Waals surface area (Å²) in [4.78, 5) is 55.6. The van der Waals surface area contributed by atoms with Crippen LogP contribution < -0.4 is 26.0 Å². The van der Waals surface area contributed by atoms with Crippen LogP contribution in [0.4, 0.5) is 37.5 Å². The number of hydrogen-bond donors (Lipinski definition) is 3. The minimum absolute atomic E-state index is 0.0142. The Hall–Kier alpha value is -5.41. The van der Waals surface area contributed by atoms with Crippen LogP contribution in [-0.4, -0.2) is 85.1 Å². The van der Waals surface area contributed by atoms with Crippen molar-refractivity contribution in [1.82, 2.24) is 24.0 Å². The second kappa shape index (κ2) is 15.1. The van der Waals surface area contributed by atoms with Gasteiger partial charge in [-0.1, -0.05) is 20.4 Å². The maximum absolute atomic E-state index is 14.0. The molecule has 2 fully saturated rings. The highest BCUT2D eigenvalue weighted by atomic mass is 19.3. The first-order chi connectivity index (χ1) is 27.6. The summed E-state index contributed by atoms with van der Waals surface area (Å²) in [5.74, 6) is -2.80. The molecule has 1 unspecified atom stereocenters.